The van der Waals surface area contributed by atoms with Crippen LogP contribution in [0.25, 0.3) is 0 Å². The average molecular weight is 332 g/mol. The van der Waals surface area contributed by atoms with E-state index in [9.17, 15) is 4.79 Å². The first-order valence-corrected chi connectivity index (χ1v) is 11.5. The first-order chi connectivity index (χ1) is 7.60. The summed E-state index contributed by atoms with van der Waals surface area (Å²) in [6.45, 7) is 7.94. The van der Waals surface area contributed by atoms with Gasteiger partial charge >= 0.3 is 108 Å². The zero-order valence-electron chi connectivity index (χ0n) is 11.1. The van der Waals surface area contributed by atoms with Crippen LogP contribution in [0.15, 0.2) is 11.8 Å². The van der Waals surface area contributed by atoms with Crippen molar-refractivity contribution >= 4 is 26.0 Å². The molecule has 0 amide bonds. The molecule has 0 unspecified atom stereocenters. The van der Waals surface area contributed by atoms with Gasteiger partial charge in [-0.3, -0.25) is 0 Å². The molecule has 0 aliphatic rings. The molecule has 0 rings (SSSR count). The Morgan fingerprint density at radius 2 is 1.62 bits per heavy atom. The number of hydrogen-bond donors (Lipinski definition) is 0. The zero-order valence-corrected chi connectivity index (χ0v) is 14.0. The molecule has 0 aliphatic carbocycles. The van der Waals surface area contributed by atoms with Gasteiger partial charge in [-0.2, -0.15) is 0 Å². The van der Waals surface area contributed by atoms with Gasteiger partial charge in [0, 0.05) is 0 Å². The second kappa shape index (κ2) is 10.2. The van der Waals surface area contributed by atoms with E-state index in [0.29, 0.717) is 0 Å². The van der Waals surface area contributed by atoms with Gasteiger partial charge in [-0.05, 0) is 0 Å². The van der Waals surface area contributed by atoms with Crippen LogP contribution >= 0.6 is 0 Å². The Bertz CT molecular complexity index is 216. The summed E-state index contributed by atoms with van der Waals surface area (Å²) in [7, 11) is 0. The quantitative estimate of drug-likeness (QED) is 0.361. The molecule has 0 aromatic heterocycles. The summed E-state index contributed by atoms with van der Waals surface area (Å²) in [5.74, 6) is 0.931. The number of unbranched alkanes of at least 4 members (excludes halogenated alkanes) is 2. The Hall–Kier alpha value is 0.00870. The topological polar surface area (TPSA) is 26.3 Å². The number of carbonyl (C=O) groups is 1. The fourth-order valence-electron chi connectivity index (χ4n) is 1.52. The summed E-state index contributed by atoms with van der Waals surface area (Å²) < 4.78 is 8.59. The summed E-state index contributed by atoms with van der Waals surface area (Å²) in [5, 5.41) is 0. The van der Waals surface area contributed by atoms with Crippen molar-refractivity contribution in [1.82, 2.24) is 0 Å². The molecule has 93 valence electrons. The van der Waals surface area contributed by atoms with Crippen molar-refractivity contribution in [2.45, 2.75) is 62.3 Å². The molecular weight excluding hydrogens is 307 g/mol. The Morgan fingerprint density at radius 1 is 1.12 bits per heavy atom. The maximum absolute atomic E-state index is 10.9. The van der Waals surface area contributed by atoms with Crippen molar-refractivity contribution < 1.29 is 7.87 Å². The van der Waals surface area contributed by atoms with Gasteiger partial charge in [-0.1, -0.05) is 0 Å². The molecule has 16 heavy (non-hydrogen) atoms. The van der Waals surface area contributed by atoms with E-state index in [1.54, 1.807) is 13.0 Å². The zero-order chi connectivity index (χ0) is 12.4. The fraction of sp³-hybridized carbons (Fsp3) is 0.769. The van der Waals surface area contributed by atoms with E-state index in [-0.39, 0.29) is 5.78 Å². The molecule has 0 saturated heterocycles. The number of rotatable bonds is 9. The molecule has 0 saturated carbocycles. The summed E-state index contributed by atoms with van der Waals surface area (Å²) in [6, 6.07) is 0. The van der Waals surface area contributed by atoms with Gasteiger partial charge in [-0.25, -0.2) is 0 Å². The van der Waals surface area contributed by atoms with Gasteiger partial charge in [0.25, 0.3) is 0 Å². The standard InChI is InChI=1S/C5H8O2.2C4H9.Sn/c1-4(6)3-5(2)7;2*1-3-4-2;/h3,6H,1-2H3;2*1,3-4H2,2H3;/q;;;+1/p-1. The molecule has 0 N–H and O–H groups in total. The fourth-order valence-corrected chi connectivity index (χ4v) is 8.55. The Morgan fingerprint density at radius 3 is 2.00 bits per heavy atom. The van der Waals surface area contributed by atoms with Crippen LogP contribution in [0.5, 0.6) is 0 Å². The first kappa shape index (κ1) is 16.0. The van der Waals surface area contributed by atoms with Crippen molar-refractivity contribution in [1.29, 1.82) is 0 Å². The Labute approximate surface area is 108 Å². The second-order valence-corrected chi connectivity index (χ2v) is 10.7. The molecule has 0 fully saturated rings. The van der Waals surface area contributed by atoms with E-state index in [4.69, 9.17) is 3.07 Å². The van der Waals surface area contributed by atoms with Gasteiger partial charge in [0.2, 0.25) is 0 Å². The van der Waals surface area contributed by atoms with E-state index in [2.05, 4.69) is 13.8 Å². The number of carbonyl (C=O) groups excluding carboxylic acids is 1. The maximum atomic E-state index is 10.9. The van der Waals surface area contributed by atoms with Crippen LogP contribution in [0.1, 0.15) is 53.4 Å². The summed E-state index contributed by atoms with van der Waals surface area (Å²) >= 11 is -1.69. The summed E-state index contributed by atoms with van der Waals surface area (Å²) in [4.78, 5) is 10.9. The first-order valence-electron chi connectivity index (χ1n) is 6.31. The van der Waals surface area contributed by atoms with Gasteiger partial charge in [0.1, 0.15) is 0 Å². The molecule has 0 aromatic rings. The van der Waals surface area contributed by atoms with Crippen LogP contribution in [0.3, 0.4) is 0 Å². The molecule has 0 bridgehead atoms. The molecule has 0 aromatic carbocycles. The normalized spacial score (nSPS) is 11.9. The van der Waals surface area contributed by atoms with Crippen LogP contribution in [0.2, 0.25) is 8.87 Å². The van der Waals surface area contributed by atoms with Crippen LogP contribution in [-0.4, -0.2) is 26.0 Å². The van der Waals surface area contributed by atoms with Crippen molar-refractivity contribution in [2.75, 3.05) is 0 Å². The summed E-state index contributed by atoms with van der Waals surface area (Å²) in [5.41, 5.74) is 0. The minimum atomic E-state index is -1.69. The van der Waals surface area contributed by atoms with Crippen LogP contribution in [0, 0.1) is 0 Å². The van der Waals surface area contributed by atoms with Crippen LogP contribution in [-0.2, 0) is 7.87 Å². The third kappa shape index (κ3) is 9.25. The monoisotopic (exact) mass is 333 g/mol. The molecule has 0 spiro atoms. The van der Waals surface area contributed by atoms with E-state index >= 15 is 0 Å². The Kier molecular flexibility index (Phi) is 10.2. The Balaban J connectivity index is 4.12. The van der Waals surface area contributed by atoms with Gasteiger partial charge in [0.05, 0.1) is 0 Å². The molecule has 0 aliphatic heterocycles. The van der Waals surface area contributed by atoms with E-state index < -0.39 is 20.2 Å². The van der Waals surface area contributed by atoms with Crippen LogP contribution < -0.4 is 0 Å². The van der Waals surface area contributed by atoms with E-state index in [0.717, 1.165) is 5.76 Å². The van der Waals surface area contributed by atoms with Gasteiger partial charge in [0.15, 0.2) is 0 Å². The molecule has 0 atom stereocenters. The third-order valence-electron chi connectivity index (χ3n) is 2.33. The third-order valence-corrected chi connectivity index (χ3v) is 9.27. The summed E-state index contributed by atoms with van der Waals surface area (Å²) in [6.07, 6.45) is 6.68. The average Bonchev–Trinajstić information content (AvgIpc) is 2.20. The van der Waals surface area contributed by atoms with Crippen molar-refractivity contribution in [3.63, 3.8) is 0 Å². The molecule has 2 nitrogen and oxygen atoms in total. The molecule has 0 heterocycles. The van der Waals surface area contributed by atoms with E-state index in [1.165, 1.54) is 34.6 Å². The molecule has 3 heteroatoms. The van der Waals surface area contributed by atoms with Crippen LogP contribution in [0.4, 0.5) is 0 Å². The van der Waals surface area contributed by atoms with Crippen molar-refractivity contribution in [3.8, 4) is 0 Å². The van der Waals surface area contributed by atoms with Gasteiger partial charge in [-0.15, -0.1) is 0 Å². The van der Waals surface area contributed by atoms with Gasteiger partial charge < -0.3 is 0 Å². The SMILES string of the molecule is CCC[CH2][Sn]([CH2]CCC)[O]C(C)=CC(C)=O. The molecular formula is C13H25O2Sn. The van der Waals surface area contributed by atoms with E-state index in [1.807, 2.05) is 6.92 Å². The number of hydrogen-bond acceptors (Lipinski definition) is 2. The number of ketones is 1. The van der Waals surface area contributed by atoms with Crippen molar-refractivity contribution in [2.24, 2.45) is 0 Å². The van der Waals surface area contributed by atoms with Crippen molar-refractivity contribution in [3.05, 3.63) is 11.8 Å². The predicted octanol–water partition coefficient (Wildman–Crippen LogP) is 4.09. The molecule has 1 radical (unpaired) electrons. The predicted molar refractivity (Wildman–Crippen MR) is 70.7 cm³/mol. The number of allylic oxidation sites excluding steroid dienone is 2. The second-order valence-electron chi connectivity index (χ2n) is 4.21. The minimum absolute atomic E-state index is 0.0891.